The Balaban J connectivity index is 1.70. The van der Waals surface area contributed by atoms with E-state index in [4.69, 9.17) is 38.6 Å². The van der Waals surface area contributed by atoms with E-state index in [1.165, 1.54) is 11.1 Å². The summed E-state index contributed by atoms with van der Waals surface area (Å²) < 4.78 is 32.7. The molecule has 0 bridgehead atoms. The fraction of sp³-hybridized carbons (Fsp3) is 0.556. The van der Waals surface area contributed by atoms with Crippen molar-refractivity contribution < 1.29 is 38.6 Å². The van der Waals surface area contributed by atoms with Gasteiger partial charge in [0.05, 0.1) is 66.1 Å². The van der Waals surface area contributed by atoms with Gasteiger partial charge >= 0.3 is 0 Å². The summed E-state index contributed by atoms with van der Waals surface area (Å²) in [6, 6.07) is 16.4. The van der Waals surface area contributed by atoms with E-state index in [0.29, 0.717) is 72.0 Å². The number of rotatable bonds is 21. The van der Waals surface area contributed by atoms with Crippen LogP contribution < -0.4 is 9.47 Å². The first-order chi connectivity index (χ1) is 17.3. The van der Waals surface area contributed by atoms with E-state index in [2.05, 4.69) is 31.2 Å². The maximum atomic E-state index is 8.64. The molecule has 0 saturated carbocycles. The lowest BCUT2D eigenvalue weighted by atomic mass is 9.89. The van der Waals surface area contributed by atoms with Gasteiger partial charge in [-0.1, -0.05) is 31.2 Å². The highest BCUT2D eigenvalue weighted by molar-refractivity contribution is 5.38. The van der Waals surface area contributed by atoms with Gasteiger partial charge in [-0.15, -0.1) is 0 Å². The maximum Gasteiger partial charge on any atom is 0.119 e. The van der Waals surface area contributed by atoms with Gasteiger partial charge in [-0.3, -0.25) is 0 Å². The summed E-state index contributed by atoms with van der Waals surface area (Å²) in [6.45, 7) is 6.74. The predicted octanol–water partition coefficient (Wildman–Crippen LogP) is 3.04. The normalized spacial score (nSPS) is 11.2. The fourth-order valence-electron chi connectivity index (χ4n) is 3.47. The molecule has 2 aromatic rings. The van der Waals surface area contributed by atoms with Crippen molar-refractivity contribution in [2.24, 2.45) is 0 Å². The monoisotopic (exact) mass is 492 g/mol. The van der Waals surface area contributed by atoms with Crippen LogP contribution >= 0.6 is 0 Å². The van der Waals surface area contributed by atoms with Gasteiger partial charge in [0.15, 0.2) is 0 Å². The Labute approximate surface area is 208 Å². The van der Waals surface area contributed by atoms with E-state index in [1.807, 2.05) is 24.3 Å². The van der Waals surface area contributed by atoms with Crippen molar-refractivity contribution in [1.29, 1.82) is 0 Å². The first kappa shape index (κ1) is 29.0. The van der Waals surface area contributed by atoms with Crippen molar-refractivity contribution in [2.45, 2.75) is 19.3 Å². The van der Waals surface area contributed by atoms with Crippen LogP contribution in [0.25, 0.3) is 0 Å². The lowest BCUT2D eigenvalue weighted by Gasteiger charge is -2.17. The van der Waals surface area contributed by atoms with Crippen molar-refractivity contribution in [1.82, 2.24) is 0 Å². The van der Waals surface area contributed by atoms with Gasteiger partial charge in [0.1, 0.15) is 24.7 Å². The molecule has 0 unspecified atom stereocenters. The second-order valence-electron chi connectivity index (χ2n) is 7.69. The molecule has 8 heteroatoms. The molecule has 0 aromatic heterocycles. The Morgan fingerprint density at radius 2 is 0.857 bits per heavy atom. The Morgan fingerprint density at radius 1 is 0.514 bits per heavy atom. The second kappa shape index (κ2) is 19.0. The van der Waals surface area contributed by atoms with E-state index in [0.717, 1.165) is 17.9 Å². The smallest absolute Gasteiger partial charge is 0.119 e. The largest absolute Gasteiger partial charge is 0.491 e. The molecule has 0 aliphatic rings. The van der Waals surface area contributed by atoms with Gasteiger partial charge in [0.2, 0.25) is 0 Å². The number of aliphatic hydroxyl groups excluding tert-OH is 2. The fourth-order valence-corrected chi connectivity index (χ4v) is 3.47. The van der Waals surface area contributed by atoms with Crippen LogP contribution in [0.4, 0.5) is 0 Å². The third-order valence-electron chi connectivity index (χ3n) is 5.18. The summed E-state index contributed by atoms with van der Waals surface area (Å²) in [5, 5.41) is 17.3. The topological polar surface area (TPSA) is 95.8 Å². The summed E-state index contributed by atoms with van der Waals surface area (Å²) in [4.78, 5) is 0. The van der Waals surface area contributed by atoms with E-state index in [-0.39, 0.29) is 13.2 Å². The Kier molecular flexibility index (Phi) is 15.8. The molecular weight excluding hydrogens is 452 g/mol. The predicted molar refractivity (Wildman–Crippen MR) is 133 cm³/mol. The molecule has 0 radical (unpaired) electrons. The molecule has 0 spiro atoms. The van der Waals surface area contributed by atoms with Crippen molar-refractivity contribution >= 4 is 0 Å². The quantitative estimate of drug-likeness (QED) is 0.257. The Morgan fingerprint density at radius 3 is 1.20 bits per heavy atom. The minimum atomic E-state index is 0.0263. The Hall–Kier alpha value is -2.20. The highest BCUT2D eigenvalue weighted by Gasteiger charge is 2.12. The molecule has 0 saturated heterocycles. The summed E-state index contributed by atoms with van der Waals surface area (Å²) in [7, 11) is 0. The third kappa shape index (κ3) is 12.4. The van der Waals surface area contributed by atoms with E-state index >= 15 is 0 Å². The van der Waals surface area contributed by atoms with Crippen LogP contribution in [-0.4, -0.2) is 89.5 Å². The van der Waals surface area contributed by atoms with Crippen LogP contribution in [0.15, 0.2) is 48.5 Å². The van der Waals surface area contributed by atoms with Crippen LogP contribution in [0.3, 0.4) is 0 Å². The highest BCUT2D eigenvalue weighted by Crippen LogP contribution is 2.30. The van der Waals surface area contributed by atoms with E-state index in [1.54, 1.807) is 0 Å². The van der Waals surface area contributed by atoms with Crippen LogP contribution in [0.5, 0.6) is 11.5 Å². The SMILES string of the molecule is CCC(c1ccc(OCCOCCOCCO)cc1)c1ccc(OCCOCCOCCO)cc1. The molecule has 0 aliphatic heterocycles. The van der Waals surface area contributed by atoms with Crippen LogP contribution in [0.1, 0.15) is 30.4 Å². The summed E-state index contributed by atoms with van der Waals surface area (Å²) in [5.74, 6) is 1.92. The van der Waals surface area contributed by atoms with Crippen LogP contribution in [0.2, 0.25) is 0 Å². The zero-order chi connectivity index (χ0) is 25.0. The van der Waals surface area contributed by atoms with Crippen LogP contribution in [0, 0.1) is 0 Å². The van der Waals surface area contributed by atoms with Gasteiger partial charge in [0, 0.05) is 5.92 Å². The molecular formula is C27H40O8. The molecule has 0 aliphatic carbocycles. The zero-order valence-corrected chi connectivity index (χ0v) is 20.7. The van der Waals surface area contributed by atoms with E-state index < -0.39 is 0 Å². The second-order valence-corrected chi connectivity index (χ2v) is 7.69. The van der Waals surface area contributed by atoms with Crippen molar-refractivity contribution in [3.05, 3.63) is 59.7 Å². The summed E-state index contributed by atoms with van der Waals surface area (Å²) in [6.07, 6.45) is 0.985. The highest BCUT2D eigenvalue weighted by atomic mass is 16.6. The molecule has 2 aromatic carbocycles. The van der Waals surface area contributed by atoms with Gasteiger partial charge < -0.3 is 38.6 Å². The zero-order valence-electron chi connectivity index (χ0n) is 20.7. The first-order valence-corrected chi connectivity index (χ1v) is 12.3. The minimum absolute atomic E-state index is 0.0263. The molecule has 0 atom stereocenters. The average Bonchev–Trinajstić information content (AvgIpc) is 2.89. The minimum Gasteiger partial charge on any atom is -0.491 e. The van der Waals surface area contributed by atoms with Gasteiger partial charge in [-0.05, 0) is 41.8 Å². The standard InChI is InChI=1S/C27H40O8/c1-2-27(23-3-7-25(8-4-23)34-21-19-32-17-15-30-13-11-28)24-5-9-26(10-6-24)35-22-20-33-18-16-31-14-12-29/h3-10,27-29H,2,11-22H2,1H3. The Bertz CT molecular complexity index is 687. The van der Waals surface area contributed by atoms with Crippen LogP contribution in [-0.2, 0) is 18.9 Å². The number of hydrogen-bond donors (Lipinski definition) is 2. The van der Waals surface area contributed by atoms with Gasteiger partial charge in [0.25, 0.3) is 0 Å². The molecule has 0 amide bonds. The molecule has 0 heterocycles. The number of aliphatic hydroxyl groups is 2. The van der Waals surface area contributed by atoms with Crippen molar-refractivity contribution in [3.63, 3.8) is 0 Å². The summed E-state index contributed by atoms with van der Waals surface area (Å²) >= 11 is 0. The lowest BCUT2D eigenvalue weighted by molar-refractivity contribution is 0.0247. The van der Waals surface area contributed by atoms with Gasteiger partial charge in [-0.25, -0.2) is 0 Å². The van der Waals surface area contributed by atoms with Gasteiger partial charge in [-0.2, -0.15) is 0 Å². The molecule has 2 N–H and O–H groups in total. The van der Waals surface area contributed by atoms with E-state index in [9.17, 15) is 0 Å². The lowest BCUT2D eigenvalue weighted by Crippen LogP contribution is -2.12. The molecule has 196 valence electrons. The van der Waals surface area contributed by atoms with Crippen molar-refractivity contribution in [3.8, 4) is 11.5 Å². The molecule has 35 heavy (non-hydrogen) atoms. The average molecular weight is 493 g/mol. The number of hydrogen-bond acceptors (Lipinski definition) is 8. The molecule has 0 fully saturated rings. The third-order valence-corrected chi connectivity index (χ3v) is 5.18. The summed E-state index contributed by atoms with van der Waals surface area (Å²) in [5.41, 5.74) is 2.48. The molecule has 2 rings (SSSR count). The molecule has 8 nitrogen and oxygen atoms in total. The van der Waals surface area contributed by atoms with Crippen molar-refractivity contribution in [2.75, 3.05) is 79.3 Å². The number of benzene rings is 2. The number of ether oxygens (including phenoxy) is 6. The maximum absolute atomic E-state index is 8.64. The first-order valence-electron chi connectivity index (χ1n) is 12.3.